The second-order valence-corrected chi connectivity index (χ2v) is 6.16. The maximum atomic E-state index is 12.1. The van der Waals surface area contributed by atoms with Crippen LogP contribution in [-0.4, -0.2) is 24.9 Å². The normalized spacial score (nSPS) is 15.2. The SMILES string of the molecule is CCCC(=O)Nc1cccc(NC(=O)CCC2CCNCC2)c1. The molecule has 0 atom stereocenters. The van der Waals surface area contributed by atoms with Crippen LogP contribution >= 0.6 is 0 Å². The van der Waals surface area contributed by atoms with Gasteiger partial charge in [0.05, 0.1) is 0 Å². The fourth-order valence-electron chi connectivity index (χ4n) is 2.85. The number of benzene rings is 1. The minimum absolute atomic E-state index is 0.00174. The monoisotopic (exact) mass is 317 g/mol. The van der Waals surface area contributed by atoms with E-state index in [1.54, 1.807) is 6.07 Å². The molecule has 5 nitrogen and oxygen atoms in total. The lowest BCUT2D eigenvalue weighted by molar-refractivity contribution is -0.117. The molecule has 1 saturated heterocycles. The van der Waals surface area contributed by atoms with Crippen LogP contribution in [0.5, 0.6) is 0 Å². The van der Waals surface area contributed by atoms with Crippen LogP contribution in [0.1, 0.15) is 45.4 Å². The van der Waals surface area contributed by atoms with Crippen LogP contribution in [-0.2, 0) is 9.59 Å². The van der Waals surface area contributed by atoms with Crippen LogP contribution in [0, 0.1) is 5.92 Å². The molecule has 0 radical (unpaired) electrons. The number of nitrogens with one attached hydrogen (secondary N) is 3. The van der Waals surface area contributed by atoms with Gasteiger partial charge in [-0.25, -0.2) is 0 Å². The summed E-state index contributed by atoms with van der Waals surface area (Å²) in [6.07, 6.45) is 5.14. The van der Waals surface area contributed by atoms with E-state index in [1.807, 2.05) is 25.1 Å². The Bertz CT molecular complexity index is 525. The first-order valence-electron chi connectivity index (χ1n) is 8.58. The third-order valence-corrected chi connectivity index (χ3v) is 4.15. The highest BCUT2D eigenvalue weighted by molar-refractivity contribution is 5.94. The topological polar surface area (TPSA) is 70.2 Å². The maximum absolute atomic E-state index is 12.1. The van der Waals surface area contributed by atoms with E-state index >= 15 is 0 Å². The van der Waals surface area contributed by atoms with E-state index in [0.717, 1.165) is 50.1 Å². The number of carbonyl (C=O) groups is 2. The van der Waals surface area contributed by atoms with Crippen molar-refractivity contribution in [1.29, 1.82) is 0 Å². The van der Waals surface area contributed by atoms with Gasteiger partial charge in [-0.2, -0.15) is 0 Å². The standard InChI is InChI=1S/C18H27N3O2/c1-2-4-17(22)20-15-5-3-6-16(13-15)21-18(23)8-7-14-9-11-19-12-10-14/h3,5-6,13-14,19H,2,4,7-12H2,1H3,(H,20,22)(H,21,23). The third kappa shape index (κ3) is 6.40. The molecule has 23 heavy (non-hydrogen) atoms. The molecule has 126 valence electrons. The zero-order chi connectivity index (χ0) is 16.5. The van der Waals surface area contributed by atoms with Gasteiger partial charge in [0.15, 0.2) is 0 Å². The van der Waals surface area contributed by atoms with E-state index in [4.69, 9.17) is 0 Å². The Balaban J connectivity index is 1.79. The summed E-state index contributed by atoms with van der Waals surface area (Å²) in [6, 6.07) is 7.32. The number of carbonyl (C=O) groups excluding carboxylic acids is 2. The van der Waals surface area contributed by atoms with Crippen molar-refractivity contribution < 1.29 is 9.59 Å². The minimum atomic E-state index is 0.00174. The maximum Gasteiger partial charge on any atom is 0.224 e. The average Bonchev–Trinajstić information content (AvgIpc) is 2.54. The van der Waals surface area contributed by atoms with E-state index in [9.17, 15) is 9.59 Å². The molecule has 1 aliphatic rings. The molecule has 0 unspecified atom stereocenters. The minimum Gasteiger partial charge on any atom is -0.326 e. The first-order valence-corrected chi connectivity index (χ1v) is 8.58. The quantitative estimate of drug-likeness (QED) is 0.723. The Morgan fingerprint density at radius 2 is 1.70 bits per heavy atom. The largest absolute Gasteiger partial charge is 0.326 e. The third-order valence-electron chi connectivity index (χ3n) is 4.15. The lowest BCUT2D eigenvalue weighted by Gasteiger charge is -2.22. The zero-order valence-electron chi connectivity index (χ0n) is 13.9. The average molecular weight is 317 g/mol. The van der Waals surface area contributed by atoms with Crippen LogP contribution in [0.2, 0.25) is 0 Å². The molecule has 1 aliphatic heterocycles. The Labute approximate surface area is 138 Å². The number of hydrogen-bond acceptors (Lipinski definition) is 3. The van der Waals surface area contributed by atoms with Crippen molar-refractivity contribution in [3.05, 3.63) is 24.3 Å². The molecule has 2 rings (SSSR count). The van der Waals surface area contributed by atoms with Crippen LogP contribution in [0.25, 0.3) is 0 Å². The number of amides is 2. The first-order chi connectivity index (χ1) is 11.2. The zero-order valence-corrected chi connectivity index (χ0v) is 13.9. The van der Waals surface area contributed by atoms with E-state index in [1.165, 1.54) is 0 Å². The molecule has 1 heterocycles. The summed E-state index contributed by atoms with van der Waals surface area (Å²) in [5.74, 6) is 0.698. The lowest BCUT2D eigenvalue weighted by Crippen LogP contribution is -2.28. The molecule has 1 aromatic rings. The van der Waals surface area contributed by atoms with Gasteiger partial charge in [-0.15, -0.1) is 0 Å². The summed E-state index contributed by atoms with van der Waals surface area (Å²) in [5, 5.41) is 9.10. The summed E-state index contributed by atoms with van der Waals surface area (Å²) < 4.78 is 0. The van der Waals surface area contributed by atoms with E-state index in [-0.39, 0.29) is 11.8 Å². The highest BCUT2D eigenvalue weighted by Gasteiger charge is 2.14. The van der Waals surface area contributed by atoms with Crippen LogP contribution in [0.15, 0.2) is 24.3 Å². The molecule has 1 fully saturated rings. The van der Waals surface area contributed by atoms with Crippen LogP contribution < -0.4 is 16.0 Å². The van der Waals surface area contributed by atoms with Crippen molar-refractivity contribution in [3.63, 3.8) is 0 Å². The van der Waals surface area contributed by atoms with Crippen LogP contribution in [0.4, 0.5) is 11.4 Å². The van der Waals surface area contributed by atoms with Crippen molar-refractivity contribution >= 4 is 23.2 Å². The van der Waals surface area contributed by atoms with Crippen molar-refractivity contribution in [2.24, 2.45) is 5.92 Å². The second kappa shape index (κ2) is 9.30. The Morgan fingerprint density at radius 3 is 2.30 bits per heavy atom. The predicted octanol–water partition coefficient (Wildman–Crippen LogP) is 3.14. The lowest BCUT2D eigenvalue weighted by atomic mass is 9.93. The van der Waals surface area contributed by atoms with Gasteiger partial charge in [0, 0.05) is 24.2 Å². The molecule has 0 spiro atoms. The smallest absolute Gasteiger partial charge is 0.224 e. The molecular weight excluding hydrogens is 290 g/mol. The second-order valence-electron chi connectivity index (χ2n) is 6.16. The van der Waals surface area contributed by atoms with E-state index in [0.29, 0.717) is 18.8 Å². The van der Waals surface area contributed by atoms with Gasteiger partial charge < -0.3 is 16.0 Å². The fraction of sp³-hybridized carbons (Fsp3) is 0.556. The summed E-state index contributed by atoms with van der Waals surface area (Å²) >= 11 is 0. The Morgan fingerprint density at radius 1 is 1.09 bits per heavy atom. The van der Waals surface area contributed by atoms with Gasteiger partial charge in [0.25, 0.3) is 0 Å². The molecule has 0 bridgehead atoms. The van der Waals surface area contributed by atoms with Gasteiger partial charge in [-0.05, 0) is 62.9 Å². The molecule has 0 aromatic heterocycles. The molecule has 2 amide bonds. The van der Waals surface area contributed by atoms with Gasteiger partial charge in [-0.3, -0.25) is 9.59 Å². The van der Waals surface area contributed by atoms with Crippen molar-refractivity contribution in [2.75, 3.05) is 23.7 Å². The number of anilines is 2. The molecular formula is C18H27N3O2. The Kier molecular flexibility index (Phi) is 7.07. The van der Waals surface area contributed by atoms with Crippen molar-refractivity contribution in [1.82, 2.24) is 5.32 Å². The number of piperidine rings is 1. The van der Waals surface area contributed by atoms with Crippen molar-refractivity contribution in [2.45, 2.75) is 45.4 Å². The van der Waals surface area contributed by atoms with Gasteiger partial charge >= 0.3 is 0 Å². The van der Waals surface area contributed by atoms with Gasteiger partial charge in [0.2, 0.25) is 11.8 Å². The van der Waals surface area contributed by atoms with E-state index < -0.39 is 0 Å². The molecule has 3 N–H and O–H groups in total. The predicted molar refractivity (Wildman–Crippen MR) is 93.4 cm³/mol. The number of rotatable bonds is 7. The molecule has 0 saturated carbocycles. The summed E-state index contributed by atoms with van der Waals surface area (Å²) in [6.45, 7) is 4.09. The molecule has 5 heteroatoms. The first kappa shape index (κ1) is 17.5. The van der Waals surface area contributed by atoms with Crippen LogP contribution in [0.3, 0.4) is 0 Å². The number of hydrogen-bond donors (Lipinski definition) is 3. The molecule has 0 aliphatic carbocycles. The summed E-state index contributed by atoms with van der Waals surface area (Å²) in [4.78, 5) is 23.7. The summed E-state index contributed by atoms with van der Waals surface area (Å²) in [7, 11) is 0. The van der Waals surface area contributed by atoms with Gasteiger partial charge in [0.1, 0.15) is 0 Å². The Hall–Kier alpha value is -1.88. The fourth-order valence-corrected chi connectivity index (χ4v) is 2.85. The molecule has 1 aromatic carbocycles. The highest BCUT2D eigenvalue weighted by atomic mass is 16.2. The van der Waals surface area contributed by atoms with Gasteiger partial charge in [-0.1, -0.05) is 13.0 Å². The van der Waals surface area contributed by atoms with E-state index in [2.05, 4.69) is 16.0 Å². The summed E-state index contributed by atoms with van der Waals surface area (Å²) in [5.41, 5.74) is 1.45. The highest BCUT2D eigenvalue weighted by Crippen LogP contribution is 2.19. The van der Waals surface area contributed by atoms with Crippen molar-refractivity contribution in [3.8, 4) is 0 Å².